The second kappa shape index (κ2) is 10.5. The van der Waals surface area contributed by atoms with Crippen LogP contribution in [-0.2, 0) is 13.0 Å². The second-order valence-corrected chi connectivity index (χ2v) is 8.83. The van der Waals surface area contributed by atoms with Gasteiger partial charge in [-0.1, -0.05) is 43.6 Å². The number of benzene rings is 1. The minimum absolute atomic E-state index is 0.0305. The monoisotopic (exact) mass is 438 g/mol. The fraction of sp³-hybridized carbons (Fsp3) is 0.462. The smallest absolute Gasteiger partial charge is 0.255 e. The van der Waals surface area contributed by atoms with Crippen LogP contribution in [-0.4, -0.2) is 21.1 Å². The molecule has 1 aromatic carbocycles. The topological polar surface area (TPSA) is 95.6 Å². The van der Waals surface area contributed by atoms with E-state index in [1.54, 1.807) is 6.07 Å². The van der Waals surface area contributed by atoms with Gasteiger partial charge in [-0.3, -0.25) is 4.79 Å². The average Bonchev–Trinajstić information content (AvgIpc) is 3.25. The van der Waals surface area contributed by atoms with Crippen LogP contribution in [0.25, 0.3) is 0 Å². The van der Waals surface area contributed by atoms with E-state index in [0.717, 1.165) is 37.7 Å². The molecule has 2 unspecified atom stereocenters. The van der Waals surface area contributed by atoms with E-state index in [2.05, 4.69) is 36.8 Å². The molecule has 0 fully saturated rings. The van der Waals surface area contributed by atoms with Crippen LogP contribution in [0.3, 0.4) is 0 Å². The van der Waals surface area contributed by atoms with Crippen molar-refractivity contribution in [2.24, 2.45) is 5.92 Å². The lowest BCUT2D eigenvalue weighted by molar-refractivity contribution is 0.0944. The molecule has 1 aliphatic carbocycles. The minimum Gasteiger partial charge on any atom is -0.507 e. The molecule has 0 saturated heterocycles. The van der Waals surface area contributed by atoms with Gasteiger partial charge >= 0.3 is 0 Å². The van der Waals surface area contributed by atoms with E-state index in [-0.39, 0.29) is 35.4 Å². The van der Waals surface area contributed by atoms with Crippen molar-refractivity contribution in [3.63, 3.8) is 0 Å². The second-order valence-electron chi connectivity index (χ2n) is 8.83. The number of oxazole rings is 1. The maximum atomic E-state index is 13.2. The Balaban J connectivity index is 2.04. The first-order chi connectivity index (χ1) is 15.3. The third-order valence-corrected chi connectivity index (χ3v) is 6.30. The zero-order chi connectivity index (χ0) is 23.3. The molecule has 2 atom stereocenters. The van der Waals surface area contributed by atoms with Crippen LogP contribution in [0.5, 0.6) is 11.5 Å². The molecule has 0 spiro atoms. The summed E-state index contributed by atoms with van der Waals surface area (Å²) in [5.41, 5.74) is 3.48. The molecule has 3 rings (SSSR count). The lowest BCUT2D eigenvalue weighted by atomic mass is 9.73. The Morgan fingerprint density at radius 1 is 1.34 bits per heavy atom. The number of carbonyl (C=O) groups excluding carboxylic acids is 1. The van der Waals surface area contributed by atoms with Gasteiger partial charge in [-0.15, -0.1) is 0 Å². The van der Waals surface area contributed by atoms with Gasteiger partial charge < -0.3 is 19.9 Å². The first-order valence-corrected chi connectivity index (χ1v) is 11.4. The van der Waals surface area contributed by atoms with Gasteiger partial charge in [0.1, 0.15) is 17.3 Å². The number of allylic oxidation sites excluding steroid dienone is 3. The molecule has 1 amide bonds. The summed E-state index contributed by atoms with van der Waals surface area (Å²) in [4.78, 5) is 17.1. The molecular weight excluding hydrogens is 404 g/mol. The number of aromatic hydroxyl groups is 2. The van der Waals surface area contributed by atoms with E-state index < -0.39 is 5.91 Å². The molecule has 0 aliphatic heterocycles. The number of amides is 1. The maximum Gasteiger partial charge on any atom is 0.255 e. The van der Waals surface area contributed by atoms with Crippen LogP contribution in [0.4, 0.5) is 0 Å². The highest BCUT2D eigenvalue weighted by molar-refractivity contribution is 5.99. The standard InChI is InChI=1S/C26H34N2O4/c1-5-6-7-8-18-12-22(29)24(21-11-17(4)9-10-20(21)16(2)3)25(30)23(18)26(31)28-14-19-13-27-15-32-19/h11-13,15,20-21,29-30H,2,5-10,14H2,1,3-4H3,(H,28,31). The number of unbranched alkanes of at least 4 members (excludes halogenated alkanes) is 2. The van der Waals surface area contributed by atoms with Crippen LogP contribution in [0.15, 0.2) is 46.9 Å². The van der Waals surface area contributed by atoms with Crippen LogP contribution in [0.2, 0.25) is 0 Å². The van der Waals surface area contributed by atoms with Gasteiger partial charge in [0.25, 0.3) is 5.91 Å². The normalized spacial score (nSPS) is 18.3. The number of nitrogens with one attached hydrogen (secondary N) is 1. The van der Waals surface area contributed by atoms with Gasteiger partial charge in [0.15, 0.2) is 6.39 Å². The van der Waals surface area contributed by atoms with Crippen molar-refractivity contribution in [2.75, 3.05) is 0 Å². The summed E-state index contributed by atoms with van der Waals surface area (Å²) in [6.45, 7) is 10.4. The van der Waals surface area contributed by atoms with Crippen LogP contribution in [0.1, 0.15) is 86.0 Å². The lowest BCUT2D eigenvalue weighted by Crippen LogP contribution is -2.25. The molecule has 32 heavy (non-hydrogen) atoms. The van der Waals surface area contributed by atoms with Gasteiger partial charge in [-0.2, -0.15) is 0 Å². The highest BCUT2D eigenvalue weighted by Crippen LogP contribution is 2.48. The zero-order valence-corrected chi connectivity index (χ0v) is 19.3. The number of aromatic nitrogens is 1. The van der Waals surface area contributed by atoms with E-state index in [0.29, 0.717) is 23.3 Å². The third-order valence-electron chi connectivity index (χ3n) is 6.30. The Bertz CT molecular complexity index is 992. The van der Waals surface area contributed by atoms with E-state index in [1.807, 2.05) is 6.92 Å². The van der Waals surface area contributed by atoms with Gasteiger partial charge in [-0.25, -0.2) is 4.98 Å². The predicted molar refractivity (Wildman–Crippen MR) is 125 cm³/mol. The average molecular weight is 439 g/mol. The summed E-state index contributed by atoms with van der Waals surface area (Å²) >= 11 is 0. The summed E-state index contributed by atoms with van der Waals surface area (Å²) < 4.78 is 5.20. The van der Waals surface area contributed by atoms with Gasteiger partial charge in [-0.05, 0) is 57.1 Å². The van der Waals surface area contributed by atoms with E-state index >= 15 is 0 Å². The molecule has 3 N–H and O–H groups in total. The molecule has 6 nitrogen and oxygen atoms in total. The molecule has 6 heteroatoms. The zero-order valence-electron chi connectivity index (χ0n) is 19.3. The molecule has 2 aromatic rings. The summed E-state index contributed by atoms with van der Waals surface area (Å²) in [7, 11) is 0. The first kappa shape index (κ1) is 23.6. The number of rotatable bonds is 9. The highest BCUT2D eigenvalue weighted by atomic mass is 16.3. The number of hydrogen-bond donors (Lipinski definition) is 3. The molecule has 0 radical (unpaired) electrons. The van der Waals surface area contributed by atoms with Crippen molar-refractivity contribution in [1.82, 2.24) is 10.3 Å². The molecule has 0 saturated carbocycles. The molecule has 1 aromatic heterocycles. The van der Waals surface area contributed by atoms with Crippen molar-refractivity contribution in [3.8, 4) is 11.5 Å². The van der Waals surface area contributed by atoms with Crippen LogP contribution in [0, 0.1) is 5.92 Å². The summed E-state index contributed by atoms with van der Waals surface area (Å²) in [6.07, 6.45) is 10.3. The quantitative estimate of drug-likeness (QED) is 0.341. The van der Waals surface area contributed by atoms with Gasteiger partial charge in [0.2, 0.25) is 0 Å². The summed E-state index contributed by atoms with van der Waals surface area (Å²) in [5, 5.41) is 25.2. The van der Waals surface area contributed by atoms with Crippen molar-refractivity contribution >= 4 is 5.91 Å². The number of aryl methyl sites for hydroxylation is 1. The Morgan fingerprint density at radius 2 is 2.12 bits per heavy atom. The summed E-state index contributed by atoms with van der Waals surface area (Å²) in [6, 6.07) is 1.65. The van der Waals surface area contributed by atoms with Crippen LogP contribution >= 0.6 is 0 Å². The minimum atomic E-state index is -0.393. The predicted octanol–water partition coefficient (Wildman–Crippen LogP) is 5.76. The van der Waals surface area contributed by atoms with E-state index in [4.69, 9.17) is 4.42 Å². The fourth-order valence-electron chi connectivity index (χ4n) is 4.56. The van der Waals surface area contributed by atoms with Crippen molar-refractivity contribution in [1.29, 1.82) is 0 Å². The van der Waals surface area contributed by atoms with E-state index in [9.17, 15) is 15.0 Å². The van der Waals surface area contributed by atoms with Crippen molar-refractivity contribution in [3.05, 3.63) is 64.9 Å². The lowest BCUT2D eigenvalue weighted by Gasteiger charge is -2.32. The number of phenols is 2. The number of carbonyl (C=O) groups is 1. The largest absolute Gasteiger partial charge is 0.507 e. The molecule has 0 bridgehead atoms. The maximum absolute atomic E-state index is 13.2. The SMILES string of the molecule is C=C(C)C1CCC(C)=CC1c1c(O)cc(CCCCC)c(C(=O)NCc2cnco2)c1O. The first-order valence-electron chi connectivity index (χ1n) is 11.4. The molecule has 1 aliphatic rings. The van der Waals surface area contributed by atoms with Crippen molar-refractivity contribution in [2.45, 2.75) is 71.8 Å². The number of nitrogens with zero attached hydrogens (tertiary/aromatic N) is 1. The number of hydrogen-bond acceptors (Lipinski definition) is 5. The molecule has 172 valence electrons. The Morgan fingerprint density at radius 3 is 2.78 bits per heavy atom. The third kappa shape index (κ3) is 5.23. The highest BCUT2D eigenvalue weighted by Gasteiger charge is 2.33. The van der Waals surface area contributed by atoms with Crippen LogP contribution < -0.4 is 5.32 Å². The fourth-order valence-corrected chi connectivity index (χ4v) is 4.56. The Labute approximate surface area is 190 Å². The summed E-state index contributed by atoms with van der Waals surface area (Å²) in [5.74, 6) is -0.123. The number of phenolic OH excluding ortho intramolecular Hbond substituents is 2. The molecular formula is C26H34N2O4. The molecule has 1 heterocycles. The van der Waals surface area contributed by atoms with Crippen molar-refractivity contribution < 1.29 is 19.4 Å². The van der Waals surface area contributed by atoms with Gasteiger partial charge in [0, 0.05) is 11.5 Å². The van der Waals surface area contributed by atoms with Gasteiger partial charge in [0.05, 0.1) is 18.3 Å². The Hall–Kier alpha value is -3.02. The Kier molecular flexibility index (Phi) is 7.78. The van der Waals surface area contributed by atoms with E-state index in [1.165, 1.54) is 18.2 Å².